The maximum Gasteiger partial charge on any atom is 0.417 e. The Balaban J connectivity index is 2.28. The molecule has 2 aromatic rings. The van der Waals surface area contributed by atoms with E-state index < -0.39 is 11.7 Å². The lowest BCUT2D eigenvalue weighted by Gasteiger charge is -2.11. The zero-order valence-electron chi connectivity index (χ0n) is 10.4. The van der Waals surface area contributed by atoms with Crippen molar-refractivity contribution in [1.29, 1.82) is 0 Å². The van der Waals surface area contributed by atoms with E-state index in [1.165, 1.54) is 0 Å². The number of aromatic nitrogens is 1. The first kappa shape index (κ1) is 15.9. The molecule has 112 valence electrons. The maximum absolute atomic E-state index is 12.5. The molecule has 8 heteroatoms. The van der Waals surface area contributed by atoms with Crippen LogP contribution in [0.15, 0.2) is 30.5 Å². The summed E-state index contributed by atoms with van der Waals surface area (Å²) < 4.78 is 42.8. The van der Waals surface area contributed by atoms with Crippen LogP contribution in [0.1, 0.15) is 11.1 Å². The molecule has 0 amide bonds. The number of halogens is 5. The van der Waals surface area contributed by atoms with Crippen LogP contribution < -0.4 is 10.5 Å². The Hall–Kier alpha value is -1.50. The topological polar surface area (TPSA) is 48.1 Å². The number of nitrogens with two attached hydrogens (primary N) is 1. The molecule has 21 heavy (non-hydrogen) atoms. The van der Waals surface area contributed by atoms with Gasteiger partial charge in [0.2, 0.25) is 5.88 Å². The molecule has 2 N–H and O–H groups in total. The molecule has 0 aliphatic rings. The number of hydrogen-bond acceptors (Lipinski definition) is 3. The molecule has 0 unspecified atom stereocenters. The summed E-state index contributed by atoms with van der Waals surface area (Å²) in [6.45, 7) is 0.305. The second-order valence-electron chi connectivity index (χ2n) is 4.08. The van der Waals surface area contributed by atoms with Gasteiger partial charge in [0.1, 0.15) is 10.8 Å². The fourth-order valence-electron chi connectivity index (χ4n) is 1.51. The van der Waals surface area contributed by atoms with Crippen molar-refractivity contribution < 1.29 is 17.9 Å². The van der Waals surface area contributed by atoms with Crippen molar-refractivity contribution in [1.82, 2.24) is 4.98 Å². The summed E-state index contributed by atoms with van der Waals surface area (Å²) in [7, 11) is 0. The Morgan fingerprint density at radius 3 is 2.38 bits per heavy atom. The van der Waals surface area contributed by atoms with E-state index in [2.05, 4.69) is 4.98 Å². The van der Waals surface area contributed by atoms with Crippen LogP contribution in [0.3, 0.4) is 0 Å². The molecule has 0 fully saturated rings. The predicted molar refractivity (Wildman–Crippen MR) is 73.7 cm³/mol. The molecule has 1 aromatic heterocycles. The first-order valence-electron chi connectivity index (χ1n) is 5.70. The highest BCUT2D eigenvalue weighted by molar-refractivity contribution is 6.32. The summed E-state index contributed by atoms with van der Waals surface area (Å²) in [5.41, 5.74) is 5.30. The Morgan fingerprint density at radius 1 is 1.14 bits per heavy atom. The minimum atomic E-state index is -4.52. The average Bonchev–Trinajstić information content (AvgIpc) is 2.41. The van der Waals surface area contributed by atoms with Gasteiger partial charge in [-0.3, -0.25) is 0 Å². The zero-order chi connectivity index (χ0) is 15.6. The Bertz CT molecular complexity index is 662. The van der Waals surface area contributed by atoms with E-state index in [1.807, 2.05) is 0 Å². The molecule has 0 spiro atoms. The maximum atomic E-state index is 12.5. The molecule has 1 heterocycles. The second-order valence-corrected chi connectivity index (χ2v) is 4.89. The number of benzene rings is 1. The van der Waals surface area contributed by atoms with Crippen molar-refractivity contribution in [3.63, 3.8) is 0 Å². The fourth-order valence-corrected chi connectivity index (χ4v) is 1.96. The normalized spacial score (nSPS) is 11.5. The molecule has 3 nitrogen and oxygen atoms in total. The fraction of sp³-hybridized carbons (Fsp3) is 0.154. The van der Waals surface area contributed by atoms with Crippen LogP contribution >= 0.6 is 23.2 Å². The van der Waals surface area contributed by atoms with E-state index in [0.29, 0.717) is 12.7 Å². The lowest BCUT2D eigenvalue weighted by Crippen LogP contribution is -2.05. The van der Waals surface area contributed by atoms with Gasteiger partial charge in [0.25, 0.3) is 0 Å². The summed E-state index contributed by atoms with van der Waals surface area (Å²) in [6.07, 6.45) is -3.88. The number of rotatable bonds is 3. The van der Waals surface area contributed by atoms with E-state index in [9.17, 15) is 13.2 Å². The van der Waals surface area contributed by atoms with E-state index in [0.717, 1.165) is 11.6 Å². The zero-order valence-corrected chi connectivity index (χ0v) is 11.9. The van der Waals surface area contributed by atoms with Crippen molar-refractivity contribution >= 4 is 23.2 Å². The van der Waals surface area contributed by atoms with Crippen molar-refractivity contribution in [2.75, 3.05) is 0 Å². The highest BCUT2D eigenvalue weighted by atomic mass is 35.5. The minimum absolute atomic E-state index is 0.160. The molecule has 0 aliphatic carbocycles. The first-order chi connectivity index (χ1) is 9.81. The first-order valence-corrected chi connectivity index (χ1v) is 6.46. The third kappa shape index (κ3) is 3.78. The van der Waals surface area contributed by atoms with E-state index in [-0.39, 0.29) is 21.7 Å². The molecule has 0 saturated heterocycles. The van der Waals surface area contributed by atoms with Gasteiger partial charge in [-0.25, -0.2) is 4.98 Å². The SMILES string of the molecule is NCc1ccc(Oc2ncc(C(F)(F)F)cc2Cl)c(Cl)c1. The lowest BCUT2D eigenvalue weighted by atomic mass is 10.2. The van der Waals surface area contributed by atoms with Crippen molar-refractivity contribution in [3.8, 4) is 11.6 Å². The van der Waals surface area contributed by atoms with Gasteiger partial charge in [-0.15, -0.1) is 0 Å². The Morgan fingerprint density at radius 2 is 1.86 bits per heavy atom. The van der Waals surface area contributed by atoms with Crippen molar-refractivity contribution in [2.24, 2.45) is 5.73 Å². The Labute approximate surface area is 128 Å². The molecule has 0 aliphatic heterocycles. The smallest absolute Gasteiger partial charge is 0.417 e. The van der Waals surface area contributed by atoms with Crippen molar-refractivity contribution in [3.05, 3.63) is 51.6 Å². The molecule has 1 aromatic carbocycles. The largest absolute Gasteiger partial charge is 0.436 e. The molecular formula is C13H9Cl2F3N2O. The Kier molecular flexibility index (Phi) is 4.61. The number of nitrogens with zero attached hydrogens (tertiary/aromatic N) is 1. The number of ether oxygens (including phenoxy) is 1. The average molecular weight is 337 g/mol. The van der Waals surface area contributed by atoms with E-state index in [1.54, 1.807) is 18.2 Å². The number of pyridine rings is 1. The third-order valence-electron chi connectivity index (χ3n) is 2.57. The summed E-state index contributed by atoms with van der Waals surface area (Å²) in [5.74, 6) is 0.0649. The van der Waals surface area contributed by atoms with Gasteiger partial charge < -0.3 is 10.5 Å². The van der Waals surface area contributed by atoms with Crippen LogP contribution in [-0.2, 0) is 12.7 Å². The van der Waals surface area contributed by atoms with Gasteiger partial charge in [0, 0.05) is 12.7 Å². The monoisotopic (exact) mass is 336 g/mol. The summed E-state index contributed by atoms with van der Waals surface area (Å²) in [5, 5.41) is -0.000456. The van der Waals surface area contributed by atoms with Crippen LogP contribution in [0.25, 0.3) is 0 Å². The highest BCUT2D eigenvalue weighted by Gasteiger charge is 2.31. The quantitative estimate of drug-likeness (QED) is 0.886. The molecule has 0 atom stereocenters. The molecule has 0 bridgehead atoms. The van der Waals surface area contributed by atoms with E-state index in [4.69, 9.17) is 33.7 Å². The van der Waals surface area contributed by atoms with Gasteiger partial charge >= 0.3 is 6.18 Å². The van der Waals surface area contributed by atoms with Crippen LogP contribution in [0, 0.1) is 0 Å². The van der Waals surface area contributed by atoms with Crippen molar-refractivity contribution in [2.45, 2.75) is 12.7 Å². The van der Waals surface area contributed by atoms with Gasteiger partial charge in [0.05, 0.1) is 10.6 Å². The van der Waals surface area contributed by atoms with Gasteiger partial charge in [-0.2, -0.15) is 13.2 Å². The number of hydrogen-bond donors (Lipinski definition) is 1. The summed E-state index contributed by atoms with van der Waals surface area (Å²) in [6, 6.07) is 5.56. The van der Waals surface area contributed by atoms with Crippen LogP contribution in [-0.4, -0.2) is 4.98 Å². The molecule has 0 saturated carbocycles. The van der Waals surface area contributed by atoms with Gasteiger partial charge in [-0.1, -0.05) is 29.3 Å². The summed E-state index contributed by atoms with van der Waals surface area (Å²) >= 11 is 11.7. The lowest BCUT2D eigenvalue weighted by molar-refractivity contribution is -0.137. The van der Waals surface area contributed by atoms with E-state index >= 15 is 0 Å². The van der Waals surface area contributed by atoms with Crippen LogP contribution in [0.2, 0.25) is 10.0 Å². The minimum Gasteiger partial charge on any atom is -0.436 e. The standard InChI is InChI=1S/C13H9Cl2F3N2O/c14-9-3-7(5-19)1-2-11(9)21-12-10(15)4-8(6-20-12)13(16,17)18/h1-4,6H,5,19H2. The molecule has 2 rings (SSSR count). The van der Waals surface area contributed by atoms with Gasteiger partial charge in [0.15, 0.2) is 0 Å². The third-order valence-corrected chi connectivity index (χ3v) is 3.14. The van der Waals surface area contributed by atoms with Crippen LogP contribution in [0.5, 0.6) is 11.6 Å². The number of alkyl halides is 3. The van der Waals surface area contributed by atoms with Gasteiger partial charge in [-0.05, 0) is 23.8 Å². The van der Waals surface area contributed by atoms with Crippen LogP contribution in [0.4, 0.5) is 13.2 Å². The molecule has 0 radical (unpaired) electrons. The summed E-state index contributed by atoms with van der Waals surface area (Å²) in [4.78, 5) is 3.57. The highest BCUT2D eigenvalue weighted by Crippen LogP contribution is 2.36. The second kappa shape index (κ2) is 6.09. The molecular weight excluding hydrogens is 328 g/mol. The predicted octanol–water partition coefficient (Wildman–Crippen LogP) is 4.66.